The SMILES string of the molecule is Cc1ccc(F)cc1NC(=O)CCN=C1NS(=O)(=O)c2ccccc21. The van der Waals surface area contributed by atoms with Gasteiger partial charge in [-0.2, -0.15) is 0 Å². The van der Waals surface area contributed by atoms with Crippen molar-refractivity contribution in [2.45, 2.75) is 18.2 Å². The van der Waals surface area contributed by atoms with E-state index in [-0.39, 0.29) is 29.6 Å². The molecule has 0 aliphatic carbocycles. The first-order valence-electron chi connectivity index (χ1n) is 7.59. The minimum Gasteiger partial charge on any atom is -0.326 e. The Kier molecular flexibility index (Phi) is 4.54. The summed E-state index contributed by atoms with van der Waals surface area (Å²) in [4.78, 5) is 16.3. The summed E-state index contributed by atoms with van der Waals surface area (Å²) in [6.45, 7) is 1.87. The lowest BCUT2D eigenvalue weighted by atomic mass is 10.2. The molecule has 25 heavy (non-hydrogen) atoms. The monoisotopic (exact) mass is 361 g/mol. The van der Waals surface area contributed by atoms with Gasteiger partial charge < -0.3 is 5.32 Å². The van der Waals surface area contributed by atoms with E-state index in [1.165, 1.54) is 18.2 Å². The number of sulfonamides is 1. The summed E-state index contributed by atoms with van der Waals surface area (Å²) >= 11 is 0. The number of fused-ring (bicyclic) bond motifs is 1. The number of nitrogens with zero attached hydrogens (tertiary/aromatic N) is 1. The van der Waals surface area contributed by atoms with Gasteiger partial charge in [0.05, 0.1) is 11.4 Å². The van der Waals surface area contributed by atoms with Crippen molar-refractivity contribution in [3.8, 4) is 0 Å². The molecule has 6 nitrogen and oxygen atoms in total. The van der Waals surface area contributed by atoms with Crippen LogP contribution in [0.5, 0.6) is 0 Å². The van der Waals surface area contributed by atoms with Gasteiger partial charge >= 0.3 is 0 Å². The number of carbonyl (C=O) groups is 1. The Morgan fingerprint density at radius 2 is 2.00 bits per heavy atom. The van der Waals surface area contributed by atoms with Crippen molar-refractivity contribution in [1.82, 2.24) is 4.72 Å². The Morgan fingerprint density at radius 1 is 1.24 bits per heavy atom. The number of benzene rings is 2. The fourth-order valence-electron chi connectivity index (χ4n) is 2.46. The molecule has 8 heteroatoms. The molecule has 0 atom stereocenters. The van der Waals surface area contributed by atoms with E-state index in [2.05, 4.69) is 15.0 Å². The summed E-state index contributed by atoms with van der Waals surface area (Å²) in [5.41, 5.74) is 1.65. The smallest absolute Gasteiger partial charge is 0.263 e. The number of amides is 1. The third-order valence-corrected chi connectivity index (χ3v) is 5.14. The summed E-state index contributed by atoms with van der Waals surface area (Å²) in [6, 6.07) is 10.7. The van der Waals surface area contributed by atoms with Crippen LogP contribution in [0.1, 0.15) is 17.5 Å². The molecule has 0 spiro atoms. The topological polar surface area (TPSA) is 87.6 Å². The van der Waals surface area contributed by atoms with Gasteiger partial charge in [-0.05, 0) is 36.8 Å². The second-order valence-corrected chi connectivity index (χ2v) is 7.24. The number of halogens is 1. The fraction of sp³-hybridized carbons (Fsp3) is 0.176. The molecule has 1 amide bonds. The Hall–Kier alpha value is -2.74. The normalized spacial score (nSPS) is 16.3. The highest BCUT2D eigenvalue weighted by atomic mass is 32.2. The third kappa shape index (κ3) is 3.69. The lowest BCUT2D eigenvalue weighted by Crippen LogP contribution is -2.23. The van der Waals surface area contributed by atoms with E-state index in [9.17, 15) is 17.6 Å². The van der Waals surface area contributed by atoms with E-state index >= 15 is 0 Å². The minimum atomic E-state index is -3.59. The van der Waals surface area contributed by atoms with Gasteiger partial charge in [0.2, 0.25) is 5.91 Å². The standard InChI is InChI=1S/C17H16FN3O3S/c1-11-6-7-12(18)10-14(11)20-16(22)8-9-19-17-13-4-2-3-5-15(13)25(23,24)21-17/h2-7,10H,8-9H2,1H3,(H,19,21)(H,20,22). The maximum atomic E-state index is 13.2. The molecule has 0 bridgehead atoms. The van der Waals surface area contributed by atoms with Gasteiger partial charge in [0.1, 0.15) is 11.7 Å². The van der Waals surface area contributed by atoms with E-state index in [4.69, 9.17) is 0 Å². The molecular formula is C17H16FN3O3S. The number of aliphatic imine (C=N–C) groups is 1. The fourth-order valence-corrected chi connectivity index (χ4v) is 3.71. The number of hydrogen-bond donors (Lipinski definition) is 2. The summed E-state index contributed by atoms with van der Waals surface area (Å²) in [5.74, 6) is -0.532. The lowest BCUT2D eigenvalue weighted by molar-refractivity contribution is -0.116. The molecule has 0 aromatic heterocycles. The molecule has 0 saturated heterocycles. The largest absolute Gasteiger partial charge is 0.326 e. The van der Waals surface area contributed by atoms with E-state index < -0.39 is 15.8 Å². The van der Waals surface area contributed by atoms with Crippen molar-refractivity contribution < 1.29 is 17.6 Å². The van der Waals surface area contributed by atoms with Crippen LogP contribution in [-0.4, -0.2) is 26.7 Å². The van der Waals surface area contributed by atoms with Crippen LogP contribution >= 0.6 is 0 Å². The van der Waals surface area contributed by atoms with Crippen molar-refractivity contribution in [3.05, 3.63) is 59.4 Å². The zero-order chi connectivity index (χ0) is 18.0. The molecule has 2 N–H and O–H groups in total. The van der Waals surface area contributed by atoms with Crippen molar-refractivity contribution in [1.29, 1.82) is 0 Å². The highest BCUT2D eigenvalue weighted by Crippen LogP contribution is 2.22. The number of hydrogen-bond acceptors (Lipinski definition) is 4. The maximum absolute atomic E-state index is 13.2. The van der Waals surface area contributed by atoms with Gasteiger partial charge in [0.25, 0.3) is 10.0 Å². The van der Waals surface area contributed by atoms with E-state index in [1.54, 1.807) is 31.2 Å². The number of nitrogens with one attached hydrogen (secondary N) is 2. The van der Waals surface area contributed by atoms with Gasteiger partial charge in [-0.1, -0.05) is 18.2 Å². The second kappa shape index (κ2) is 6.64. The first-order valence-corrected chi connectivity index (χ1v) is 9.08. The van der Waals surface area contributed by atoms with Gasteiger partial charge in [0, 0.05) is 17.7 Å². The zero-order valence-electron chi connectivity index (χ0n) is 13.4. The number of anilines is 1. The molecule has 0 unspecified atom stereocenters. The molecule has 130 valence electrons. The van der Waals surface area contributed by atoms with E-state index in [0.717, 1.165) is 5.56 Å². The first kappa shape index (κ1) is 17.1. The Bertz CT molecular complexity index is 971. The average molecular weight is 361 g/mol. The minimum absolute atomic E-state index is 0.0450. The van der Waals surface area contributed by atoms with Crippen molar-refractivity contribution in [2.75, 3.05) is 11.9 Å². The molecule has 1 heterocycles. The van der Waals surface area contributed by atoms with Crippen molar-refractivity contribution in [3.63, 3.8) is 0 Å². The summed E-state index contributed by atoms with van der Waals surface area (Å²) in [5, 5.41) is 2.62. The lowest BCUT2D eigenvalue weighted by Gasteiger charge is -2.07. The Balaban J connectivity index is 1.66. The van der Waals surface area contributed by atoms with Crippen LogP contribution in [0.15, 0.2) is 52.4 Å². The Morgan fingerprint density at radius 3 is 2.80 bits per heavy atom. The van der Waals surface area contributed by atoms with Crippen LogP contribution < -0.4 is 10.0 Å². The first-order chi connectivity index (χ1) is 11.9. The molecule has 3 rings (SSSR count). The van der Waals surface area contributed by atoms with Gasteiger partial charge in [0.15, 0.2) is 0 Å². The van der Waals surface area contributed by atoms with Crippen LogP contribution in [-0.2, 0) is 14.8 Å². The third-order valence-electron chi connectivity index (χ3n) is 3.75. The second-order valence-electron chi connectivity index (χ2n) is 5.59. The highest BCUT2D eigenvalue weighted by Gasteiger charge is 2.29. The predicted molar refractivity (Wildman–Crippen MR) is 92.6 cm³/mol. The molecule has 0 saturated carbocycles. The van der Waals surface area contributed by atoms with Crippen LogP contribution in [0.2, 0.25) is 0 Å². The number of amidine groups is 1. The zero-order valence-corrected chi connectivity index (χ0v) is 14.2. The van der Waals surface area contributed by atoms with Crippen LogP contribution in [0.25, 0.3) is 0 Å². The molecule has 1 aliphatic rings. The van der Waals surface area contributed by atoms with Crippen LogP contribution in [0.4, 0.5) is 10.1 Å². The average Bonchev–Trinajstić information content (AvgIpc) is 2.82. The number of aryl methyl sites for hydroxylation is 1. The Labute approximate surface area is 144 Å². The predicted octanol–water partition coefficient (Wildman–Crippen LogP) is 2.20. The van der Waals surface area contributed by atoms with Gasteiger partial charge in [-0.3, -0.25) is 14.5 Å². The van der Waals surface area contributed by atoms with Crippen molar-refractivity contribution in [2.24, 2.45) is 4.99 Å². The number of carbonyl (C=O) groups excluding carboxylic acids is 1. The quantitative estimate of drug-likeness (QED) is 0.875. The summed E-state index contributed by atoms with van der Waals surface area (Å²) in [7, 11) is -3.59. The molecular weight excluding hydrogens is 345 g/mol. The van der Waals surface area contributed by atoms with Gasteiger partial charge in [-0.25, -0.2) is 12.8 Å². The molecule has 0 fully saturated rings. The molecule has 1 aliphatic heterocycles. The molecule has 0 radical (unpaired) electrons. The summed E-state index contributed by atoms with van der Waals surface area (Å²) < 4.78 is 39.5. The van der Waals surface area contributed by atoms with Crippen LogP contribution in [0.3, 0.4) is 0 Å². The highest BCUT2D eigenvalue weighted by molar-refractivity contribution is 7.90. The number of rotatable bonds is 4. The van der Waals surface area contributed by atoms with Crippen molar-refractivity contribution >= 4 is 27.5 Å². The van der Waals surface area contributed by atoms with E-state index in [0.29, 0.717) is 11.3 Å². The molecule has 2 aromatic rings. The van der Waals surface area contributed by atoms with Gasteiger partial charge in [-0.15, -0.1) is 0 Å². The van der Waals surface area contributed by atoms with Crippen LogP contribution in [0, 0.1) is 12.7 Å². The molecule has 2 aromatic carbocycles. The van der Waals surface area contributed by atoms with E-state index in [1.807, 2.05) is 0 Å². The maximum Gasteiger partial charge on any atom is 0.263 e. The summed E-state index contributed by atoms with van der Waals surface area (Å²) in [6.07, 6.45) is 0.0450.